The van der Waals surface area contributed by atoms with Gasteiger partial charge in [-0.15, -0.1) is 0 Å². The van der Waals surface area contributed by atoms with E-state index in [9.17, 15) is 0 Å². The maximum atomic E-state index is 4.18. The van der Waals surface area contributed by atoms with E-state index in [1.165, 1.54) is 43.2 Å². The number of rotatable bonds is 3. The van der Waals surface area contributed by atoms with Gasteiger partial charge in [-0.3, -0.25) is 4.98 Å². The van der Waals surface area contributed by atoms with Gasteiger partial charge in [0.1, 0.15) is 0 Å². The zero-order valence-electron chi connectivity index (χ0n) is 11.4. The first-order valence-corrected chi connectivity index (χ1v) is 7.34. The van der Waals surface area contributed by atoms with E-state index in [1.54, 1.807) is 0 Å². The second-order valence-electron chi connectivity index (χ2n) is 5.74. The maximum absolute atomic E-state index is 4.18. The topological polar surface area (TPSA) is 12.9 Å². The molecule has 19 heavy (non-hydrogen) atoms. The highest BCUT2D eigenvalue weighted by Crippen LogP contribution is 2.41. The standard InChI is InChI=1S/C18H21N/c1-3-7-16(8-4-1)15-18(11-5-2-6-12-18)17-9-13-19-14-10-17/h1,3-4,7-10,13-14H,2,5-6,11-12,15H2. The van der Waals surface area contributed by atoms with Crippen LogP contribution in [-0.2, 0) is 11.8 Å². The van der Waals surface area contributed by atoms with Crippen molar-refractivity contribution in [1.82, 2.24) is 4.98 Å². The van der Waals surface area contributed by atoms with Crippen LogP contribution in [0, 0.1) is 0 Å². The van der Waals surface area contributed by atoms with Gasteiger partial charge in [0.2, 0.25) is 0 Å². The molecular formula is C18H21N. The third-order valence-electron chi connectivity index (χ3n) is 4.49. The highest BCUT2D eigenvalue weighted by molar-refractivity contribution is 5.28. The van der Waals surface area contributed by atoms with Crippen LogP contribution in [0.4, 0.5) is 0 Å². The Labute approximate surface area is 115 Å². The average molecular weight is 251 g/mol. The fraction of sp³-hybridized carbons (Fsp3) is 0.389. The SMILES string of the molecule is c1ccc(CC2(c3ccncc3)CCCCC2)cc1. The van der Waals surface area contributed by atoms with Gasteiger partial charge in [-0.05, 0) is 47.9 Å². The number of pyridine rings is 1. The van der Waals surface area contributed by atoms with Crippen LogP contribution >= 0.6 is 0 Å². The monoisotopic (exact) mass is 251 g/mol. The maximum Gasteiger partial charge on any atom is 0.0270 e. The summed E-state index contributed by atoms with van der Waals surface area (Å²) in [6, 6.07) is 15.4. The Hall–Kier alpha value is -1.63. The van der Waals surface area contributed by atoms with E-state index in [2.05, 4.69) is 47.4 Å². The quantitative estimate of drug-likeness (QED) is 0.781. The lowest BCUT2D eigenvalue weighted by molar-refractivity contribution is 0.290. The van der Waals surface area contributed by atoms with E-state index in [0.29, 0.717) is 5.41 Å². The highest BCUT2D eigenvalue weighted by atomic mass is 14.6. The Balaban J connectivity index is 1.93. The Morgan fingerprint density at radius 3 is 2.21 bits per heavy atom. The van der Waals surface area contributed by atoms with Crippen LogP contribution in [0.3, 0.4) is 0 Å². The predicted octanol–water partition coefficient (Wildman–Crippen LogP) is 4.53. The summed E-state index contributed by atoms with van der Waals surface area (Å²) < 4.78 is 0. The molecule has 0 N–H and O–H groups in total. The van der Waals surface area contributed by atoms with Crippen molar-refractivity contribution in [3.8, 4) is 0 Å². The van der Waals surface area contributed by atoms with E-state index < -0.39 is 0 Å². The molecule has 3 rings (SSSR count). The summed E-state index contributed by atoms with van der Waals surface area (Å²) in [7, 11) is 0. The normalized spacial score (nSPS) is 18.1. The fourth-order valence-corrected chi connectivity index (χ4v) is 3.49. The minimum Gasteiger partial charge on any atom is -0.265 e. The summed E-state index contributed by atoms with van der Waals surface area (Å²) in [6.07, 6.45) is 11.8. The average Bonchev–Trinajstić information content (AvgIpc) is 2.50. The minimum absolute atomic E-state index is 0.336. The minimum atomic E-state index is 0.336. The molecule has 0 radical (unpaired) electrons. The molecule has 1 fully saturated rings. The summed E-state index contributed by atoms with van der Waals surface area (Å²) in [5.74, 6) is 0. The molecule has 1 heteroatoms. The van der Waals surface area contributed by atoms with E-state index in [4.69, 9.17) is 0 Å². The lowest BCUT2D eigenvalue weighted by Gasteiger charge is -2.38. The van der Waals surface area contributed by atoms with Gasteiger partial charge >= 0.3 is 0 Å². The van der Waals surface area contributed by atoms with Gasteiger partial charge in [0.25, 0.3) is 0 Å². The first-order chi connectivity index (χ1) is 9.39. The van der Waals surface area contributed by atoms with E-state index in [1.807, 2.05) is 12.4 Å². The van der Waals surface area contributed by atoms with Crippen LogP contribution in [0.2, 0.25) is 0 Å². The Kier molecular flexibility index (Phi) is 3.63. The fourth-order valence-electron chi connectivity index (χ4n) is 3.49. The van der Waals surface area contributed by atoms with Gasteiger partial charge in [0.05, 0.1) is 0 Å². The van der Waals surface area contributed by atoms with Crippen LogP contribution in [0.5, 0.6) is 0 Å². The second-order valence-corrected chi connectivity index (χ2v) is 5.74. The van der Waals surface area contributed by atoms with Gasteiger partial charge in [-0.1, -0.05) is 49.6 Å². The van der Waals surface area contributed by atoms with Crippen LogP contribution in [0.25, 0.3) is 0 Å². The van der Waals surface area contributed by atoms with Crippen LogP contribution in [0.15, 0.2) is 54.9 Å². The van der Waals surface area contributed by atoms with Gasteiger partial charge in [0.15, 0.2) is 0 Å². The zero-order valence-corrected chi connectivity index (χ0v) is 11.4. The van der Waals surface area contributed by atoms with Crippen molar-refractivity contribution in [3.05, 3.63) is 66.0 Å². The van der Waals surface area contributed by atoms with Gasteiger partial charge in [0, 0.05) is 12.4 Å². The lowest BCUT2D eigenvalue weighted by Crippen LogP contribution is -2.31. The zero-order chi connectivity index (χ0) is 13.0. The summed E-state index contributed by atoms with van der Waals surface area (Å²) in [4.78, 5) is 4.18. The summed E-state index contributed by atoms with van der Waals surface area (Å²) >= 11 is 0. The van der Waals surface area contributed by atoms with Crippen LogP contribution in [0.1, 0.15) is 43.2 Å². The molecule has 1 nitrogen and oxygen atoms in total. The van der Waals surface area contributed by atoms with Crippen LogP contribution < -0.4 is 0 Å². The first-order valence-electron chi connectivity index (χ1n) is 7.34. The van der Waals surface area contributed by atoms with E-state index in [0.717, 1.165) is 6.42 Å². The van der Waals surface area contributed by atoms with Crippen molar-refractivity contribution in [3.63, 3.8) is 0 Å². The highest BCUT2D eigenvalue weighted by Gasteiger charge is 2.33. The van der Waals surface area contributed by atoms with Crippen molar-refractivity contribution in [1.29, 1.82) is 0 Å². The van der Waals surface area contributed by atoms with Gasteiger partial charge in [-0.25, -0.2) is 0 Å². The molecule has 1 aliphatic carbocycles. The predicted molar refractivity (Wildman–Crippen MR) is 79.1 cm³/mol. The lowest BCUT2D eigenvalue weighted by atomic mass is 9.66. The molecule has 1 aliphatic rings. The van der Waals surface area contributed by atoms with Crippen molar-refractivity contribution in [2.45, 2.75) is 43.9 Å². The third-order valence-corrected chi connectivity index (χ3v) is 4.49. The summed E-state index contributed by atoms with van der Waals surface area (Å²) in [5.41, 5.74) is 3.27. The molecule has 1 aromatic carbocycles. The van der Waals surface area contributed by atoms with Gasteiger partial charge in [-0.2, -0.15) is 0 Å². The number of hydrogen-bond donors (Lipinski definition) is 0. The molecule has 1 heterocycles. The van der Waals surface area contributed by atoms with Gasteiger partial charge < -0.3 is 0 Å². The van der Waals surface area contributed by atoms with Crippen molar-refractivity contribution < 1.29 is 0 Å². The molecule has 0 aliphatic heterocycles. The smallest absolute Gasteiger partial charge is 0.0270 e. The largest absolute Gasteiger partial charge is 0.265 e. The number of aromatic nitrogens is 1. The number of nitrogens with zero attached hydrogens (tertiary/aromatic N) is 1. The van der Waals surface area contributed by atoms with E-state index >= 15 is 0 Å². The van der Waals surface area contributed by atoms with Crippen molar-refractivity contribution in [2.75, 3.05) is 0 Å². The molecule has 98 valence electrons. The third kappa shape index (κ3) is 2.70. The molecule has 1 aromatic heterocycles. The molecule has 0 amide bonds. The molecule has 0 saturated heterocycles. The Morgan fingerprint density at radius 2 is 1.53 bits per heavy atom. The molecular weight excluding hydrogens is 230 g/mol. The summed E-state index contributed by atoms with van der Waals surface area (Å²) in [5, 5.41) is 0. The Bertz CT molecular complexity index is 498. The second kappa shape index (κ2) is 5.56. The number of benzene rings is 1. The molecule has 0 unspecified atom stereocenters. The molecule has 0 spiro atoms. The molecule has 1 saturated carbocycles. The molecule has 2 aromatic rings. The van der Waals surface area contributed by atoms with Crippen molar-refractivity contribution in [2.24, 2.45) is 0 Å². The first kappa shape index (κ1) is 12.4. The number of hydrogen-bond acceptors (Lipinski definition) is 1. The van der Waals surface area contributed by atoms with E-state index in [-0.39, 0.29) is 0 Å². The van der Waals surface area contributed by atoms with Crippen LogP contribution in [-0.4, -0.2) is 4.98 Å². The Morgan fingerprint density at radius 1 is 0.842 bits per heavy atom. The molecule has 0 atom stereocenters. The summed E-state index contributed by atoms with van der Waals surface area (Å²) in [6.45, 7) is 0. The van der Waals surface area contributed by atoms with Crippen molar-refractivity contribution >= 4 is 0 Å². The molecule has 0 bridgehead atoms.